The lowest BCUT2D eigenvalue weighted by molar-refractivity contribution is 0.243. The van der Waals surface area contributed by atoms with Crippen LogP contribution in [0.3, 0.4) is 0 Å². The van der Waals surface area contributed by atoms with Gasteiger partial charge in [-0.3, -0.25) is 0 Å². The average molecular weight is 170 g/mol. The fourth-order valence-corrected chi connectivity index (χ4v) is 1.39. The molecule has 72 valence electrons. The van der Waals surface area contributed by atoms with E-state index in [9.17, 15) is 0 Å². The summed E-state index contributed by atoms with van der Waals surface area (Å²) in [5.74, 6) is 1.03. The summed E-state index contributed by atoms with van der Waals surface area (Å²) < 4.78 is 0. The monoisotopic (exact) mass is 170 g/mol. The predicted molar refractivity (Wildman–Crippen MR) is 53.4 cm³/mol. The van der Waals surface area contributed by atoms with Crippen LogP contribution in [0.2, 0.25) is 0 Å². The molecule has 0 aliphatic heterocycles. The highest BCUT2D eigenvalue weighted by atomic mass is 15.2. The Morgan fingerprint density at radius 3 is 2.25 bits per heavy atom. The average Bonchev–Trinajstić information content (AvgIpc) is 2.81. The summed E-state index contributed by atoms with van der Waals surface area (Å²) in [6, 6.07) is 0. The Kier molecular flexibility index (Phi) is 4.02. The minimum absolute atomic E-state index is 1.03. The quantitative estimate of drug-likeness (QED) is 0.592. The second kappa shape index (κ2) is 4.83. The van der Waals surface area contributed by atoms with Crippen LogP contribution in [-0.2, 0) is 0 Å². The minimum Gasteiger partial charge on any atom is -0.308 e. The number of nitrogens with zero attached hydrogens (tertiary/aromatic N) is 2. The van der Waals surface area contributed by atoms with E-state index >= 15 is 0 Å². The molecule has 0 spiro atoms. The van der Waals surface area contributed by atoms with Gasteiger partial charge in [0.25, 0.3) is 0 Å². The Balaban J connectivity index is 2.06. The largest absolute Gasteiger partial charge is 0.308 e. The van der Waals surface area contributed by atoms with Gasteiger partial charge in [0.15, 0.2) is 0 Å². The Hall–Kier alpha value is -0.0800. The molecule has 0 aromatic carbocycles. The maximum Gasteiger partial charge on any atom is 0.0109 e. The van der Waals surface area contributed by atoms with Crippen molar-refractivity contribution in [3.05, 3.63) is 0 Å². The lowest BCUT2D eigenvalue weighted by Crippen LogP contribution is -2.33. The first-order valence-corrected chi connectivity index (χ1v) is 5.09. The number of hydrogen-bond acceptors (Lipinski definition) is 2. The predicted octanol–water partition coefficient (Wildman–Crippen LogP) is 1.28. The first kappa shape index (κ1) is 10.0. The fourth-order valence-electron chi connectivity index (χ4n) is 1.39. The Morgan fingerprint density at radius 2 is 1.83 bits per heavy atom. The van der Waals surface area contributed by atoms with Gasteiger partial charge in [-0.25, -0.2) is 0 Å². The van der Waals surface area contributed by atoms with Crippen LogP contribution >= 0.6 is 0 Å². The van der Waals surface area contributed by atoms with Gasteiger partial charge in [-0.05, 0) is 39.4 Å². The van der Waals surface area contributed by atoms with Crippen molar-refractivity contribution in [2.45, 2.75) is 19.8 Å². The van der Waals surface area contributed by atoms with Gasteiger partial charge in [0.05, 0.1) is 0 Å². The molecule has 0 bridgehead atoms. The standard InChI is InChI=1S/C10H22N2/c1-4-12(8-7-11(2)3)9-10-5-6-10/h10H,4-9H2,1-3H3. The summed E-state index contributed by atoms with van der Waals surface area (Å²) in [4.78, 5) is 4.83. The highest BCUT2D eigenvalue weighted by Gasteiger charge is 2.23. The SMILES string of the molecule is CCN(CCN(C)C)CC1CC1. The van der Waals surface area contributed by atoms with Crippen LogP contribution in [0, 0.1) is 5.92 Å². The van der Waals surface area contributed by atoms with E-state index in [-0.39, 0.29) is 0 Å². The van der Waals surface area contributed by atoms with E-state index in [0.717, 1.165) is 5.92 Å². The van der Waals surface area contributed by atoms with E-state index in [1.807, 2.05) is 0 Å². The second-order valence-corrected chi connectivity index (χ2v) is 4.14. The molecule has 0 N–H and O–H groups in total. The third-order valence-corrected chi connectivity index (χ3v) is 2.52. The third-order valence-electron chi connectivity index (χ3n) is 2.52. The van der Waals surface area contributed by atoms with Crippen LogP contribution in [0.25, 0.3) is 0 Å². The summed E-state index contributed by atoms with van der Waals surface area (Å²) in [5.41, 5.74) is 0. The molecule has 2 nitrogen and oxygen atoms in total. The normalized spacial score (nSPS) is 17.8. The van der Waals surface area contributed by atoms with E-state index in [2.05, 4.69) is 30.8 Å². The molecule has 0 unspecified atom stereocenters. The van der Waals surface area contributed by atoms with Gasteiger partial charge in [0.1, 0.15) is 0 Å². The van der Waals surface area contributed by atoms with Crippen molar-refractivity contribution in [3.8, 4) is 0 Å². The van der Waals surface area contributed by atoms with Crippen molar-refractivity contribution in [2.24, 2.45) is 5.92 Å². The Morgan fingerprint density at radius 1 is 1.17 bits per heavy atom. The molecule has 1 aliphatic carbocycles. The van der Waals surface area contributed by atoms with Crippen molar-refractivity contribution in [1.82, 2.24) is 9.80 Å². The molecule has 0 saturated heterocycles. The number of likely N-dealkylation sites (N-methyl/N-ethyl adjacent to an activating group) is 2. The van der Waals surface area contributed by atoms with Gasteiger partial charge < -0.3 is 9.80 Å². The maximum absolute atomic E-state index is 2.57. The van der Waals surface area contributed by atoms with Crippen LogP contribution in [0.1, 0.15) is 19.8 Å². The van der Waals surface area contributed by atoms with Crippen molar-refractivity contribution in [3.63, 3.8) is 0 Å². The molecule has 1 aliphatic rings. The first-order chi connectivity index (χ1) is 5.72. The van der Waals surface area contributed by atoms with E-state index in [1.54, 1.807) is 0 Å². The molecule has 0 aromatic heterocycles. The van der Waals surface area contributed by atoms with Gasteiger partial charge >= 0.3 is 0 Å². The molecule has 1 fully saturated rings. The molecule has 0 aromatic rings. The minimum atomic E-state index is 1.03. The highest BCUT2D eigenvalue weighted by molar-refractivity contribution is 4.77. The molecular weight excluding hydrogens is 148 g/mol. The molecule has 0 amide bonds. The third kappa shape index (κ3) is 4.07. The molecule has 0 radical (unpaired) electrons. The van der Waals surface area contributed by atoms with E-state index < -0.39 is 0 Å². The smallest absolute Gasteiger partial charge is 0.0109 e. The van der Waals surface area contributed by atoms with Crippen LogP contribution in [0.5, 0.6) is 0 Å². The molecule has 0 heterocycles. The van der Waals surface area contributed by atoms with Crippen molar-refractivity contribution >= 4 is 0 Å². The summed E-state index contributed by atoms with van der Waals surface area (Å²) in [6.07, 6.45) is 2.94. The van der Waals surface area contributed by atoms with E-state index in [0.29, 0.717) is 0 Å². The zero-order chi connectivity index (χ0) is 8.97. The van der Waals surface area contributed by atoms with Crippen LogP contribution < -0.4 is 0 Å². The lowest BCUT2D eigenvalue weighted by Gasteiger charge is -2.22. The fraction of sp³-hybridized carbons (Fsp3) is 1.00. The molecule has 2 heteroatoms. The number of rotatable bonds is 6. The summed E-state index contributed by atoms with van der Waals surface area (Å²) in [7, 11) is 4.29. The van der Waals surface area contributed by atoms with Gasteiger partial charge in [-0.15, -0.1) is 0 Å². The van der Waals surface area contributed by atoms with Gasteiger partial charge in [-0.1, -0.05) is 6.92 Å². The van der Waals surface area contributed by atoms with Crippen molar-refractivity contribution in [2.75, 3.05) is 40.3 Å². The topological polar surface area (TPSA) is 6.48 Å². The Bertz CT molecular complexity index is 119. The van der Waals surface area contributed by atoms with E-state index in [1.165, 1.54) is 39.0 Å². The first-order valence-electron chi connectivity index (χ1n) is 5.09. The zero-order valence-electron chi connectivity index (χ0n) is 8.71. The van der Waals surface area contributed by atoms with Crippen LogP contribution in [-0.4, -0.2) is 50.1 Å². The molecule has 1 rings (SSSR count). The highest BCUT2D eigenvalue weighted by Crippen LogP contribution is 2.29. The van der Waals surface area contributed by atoms with Gasteiger partial charge in [0.2, 0.25) is 0 Å². The summed E-state index contributed by atoms with van der Waals surface area (Å²) in [6.45, 7) is 7.24. The molecular formula is C10H22N2. The second-order valence-electron chi connectivity index (χ2n) is 4.14. The lowest BCUT2D eigenvalue weighted by atomic mass is 10.3. The van der Waals surface area contributed by atoms with Gasteiger partial charge in [-0.2, -0.15) is 0 Å². The van der Waals surface area contributed by atoms with Crippen molar-refractivity contribution < 1.29 is 0 Å². The Labute approximate surface area is 76.5 Å². The summed E-state index contributed by atoms with van der Waals surface area (Å²) in [5, 5.41) is 0. The zero-order valence-corrected chi connectivity index (χ0v) is 8.71. The summed E-state index contributed by atoms with van der Waals surface area (Å²) >= 11 is 0. The van der Waals surface area contributed by atoms with Crippen LogP contribution in [0.4, 0.5) is 0 Å². The molecule has 1 saturated carbocycles. The molecule has 0 atom stereocenters. The molecule has 12 heavy (non-hydrogen) atoms. The number of hydrogen-bond donors (Lipinski definition) is 0. The van der Waals surface area contributed by atoms with Crippen molar-refractivity contribution in [1.29, 1.82) is 0 Å². The van der Waals surface area contributed by atoms with E-state index in [4.69, 9.17) is 0 Å². The van der Waals surface area contributed by atoms with Crippen LogP contribution in [0.15, 0.2) is 0 Å². The van der Waals surface area contributed by atoms with Gasteiger partial charge in [0, 0.05) is 19.6 Å². The maximum atomic E-state index is 2.57.